The molecule has 1 N–H and O–H groups in total. The molecule has 136 valence electrons. The fraction of sp³-hybridized carbons (Fsp3) is 0.550. The molecule has 1 aromatic carbocycles. The summed E-state index contributed by atoms with van der Waals surface area (Å²) in [6, 6.07) is 2.84. The van der Waals surface area contributed by atoms with Crippen LogP contribution in [0.1, 0.15) is 68.8 Å². The van der Waals surface area contributed by atoms with E-state index in [-0.39, 0.29) is 22.8 Å². The minimum absolute atomic E-state index is 0.115. The van der Waals surface area contributed by atoms with Gasteiger partial charge in [-0.05, 0) is 44.7 Å². The van der Waals surface area contributed by atoms with E-state index >= 15 is 0 Å². The number of benzene rings is 1. The van der Waals surface area contributed by atoms with Gasteiger partial charge in [0.1, 0.15) is 5.82 Å². The van der Waals surface area contributed by atoms with Crippen LogP contribution in [0, 0.1) is 11.7 Å². The van der Waals surface area contributed by atoms with E-state index < -0.39 is 0 Å². The molecule has 25 heavy (non-hydrogen) atoms. The van der Waals surface area contributed by atoms with Gasteiger partial charge in [0.2, 0.25) is 0 Å². The maximum absolute atomic E-state index is 13.8. The Hall–Kier alpha value is -1.55. The van der Waals surface area contributed by atoms with Crippen molar-refractivity contribution >= 4 is 28.4 Å². The maximum atomic E-state index is 13.8. The van der Waals surface area contributed by atoms with E-state index in [1.807, 2.05) is 18.4 Å². The van der Waals surface area contributed by atoms with Gasteiger partial charge in [-0.2, -0.15) is 0 Å². The highest BCUT2D eigenvalue weighted by Gasteiger charge is 2.21. The molecule has 3 rings (SSSR count). The van der Waals surface area contributed by atoms with Gasteiger partial charge >= 0.3 is 0 Å². The van der Waals surface area contributed by atoms with Crippen molar-refractivity contribution in [1.82, 2.24) is 9.88 Å². The molecule has 1 fully saturated rings. The van der Waals surface area contributed by atoms with Crippen molar-refractivity contribution in [3.63, 3.8) is 0 Å². The van der Waals surface area contributed by atoms with Crippen LogP contribution in [0.25, 0.3) is 10.9 Å². The maximum Gasteiger partial charge on any atom is 0.253 e. The third-order valence-corrected chi connectivity index (χ3v) is 5.47. The monoisotopic (exact) mass is 364 g/mol. The Kier molecular flexibility index (Phi) is 5.67. The number of halogens is 2. The largest absolute Gasteiger partial charge is 0.352 e. The van der Waals surface area contributed by atoms with Gasteiger partial charge in [-0.3, -0.25) is 4.79 Å². The first kappa shape index (κ1) is 18.2. The zero-order valence-corrected chi connectivity index (χ0v) is 15.7. The van der Waals surface area contributed by atoms with Crippen molar-refractivity contribution < 1.29 is 9.18 Å². The quantitative estimate of drug-likeness (QED) is 0.692. The third-order valence-electron chi connectivity index (χ3n) is 5.18. The normalized spacial score (nSPS) is 16.4. The van der Waals surface area contributed by atoms with E-state index in [2.05, 4.69) is 5.32 Å². The first-order valence-corrected chi connectivity index (χ1v) is 9.63. The molecule has 5 heteroatoms. The number of fused-ring (bicyclic) bond motifs is 1. The molecule has 1 saturated carbocycles. The van der Waals surface area contributed by atoms with Gasteiger partial charge < -0.3 is 9.88 Å². The van der Waals surface area contributed by atoms with Gasteiger partial charge in [-0.1, -0.05) is 37.3 Å². The minimum atomic E-state index is -0.386. The smallest absolute Gasteiger partial charge is 0.253 e. The summed E-state index contributed by atoms with van der Waals surface area (Å²) in [6.45, 7) is 4.71. The van der Waals surface area contributed by atoms with Gasteiger partial charge in [-0.15, -0.1) is 0 Å². The highest BCUT2D eigenvalue weighted by molar-refractivity contribution is 6.36. The molecule has 1 amide bonds. The van der Waals surface area contributed by atoms with Crippen LogP contribution in [-0.2, 0) is 0 Å². The summed E-state index contributed by atoms with van der Waals surface area (Å²) in [4.78, 5) is 12.8. The van der Waals surface area contributed by atoms with Crippen molar-refractivity contribution in [1.29, 1.82) is 0 Å². The fourth-order valence-corrected chi connectivity index (χ4v) is 4.11. The highest BCUT2D eigenvalue weighted by atomic mass is 35.5. The number of amides is 1. The van der Waals surface area contributed by atoms with Crippen molar-refractivity contribution in [3.8, 4) is 0 Å². The van der Waals surface area contributed by atoms with Gasteiger partial charge in [0.15, 0.2) is 0 Å². The van der Waals surface area contributed by atoms with E-state index in [1.54, 1.807) is 6.20 Å². The molecule has 1 aliphatic carbocycles. The topological polar surface area (TPSA) is 34.0 Å². The Morgan fingerprint density at radius 1 is 1.28 bits per heavy atom. The molecule has 1 heterocycles. The number of rotatable bonds is 4. The van der Waals surface area contributed by atoms with Gasteiger partial charge in [0.25, 0.3) is 5.91 Å². The zero-order chi connectivity index (χ0) is 18.0. The summed E-state index contributed by atoms with van der Waals surface area (Å²) in [7, 11) is 0. The van der Waals surface area contributed by atoms with Crippen LogP contribution < -0.4 is 5.32 Å². The summed E-state index contributed by atoms with van der Waals surface area (Å²) >= 11 is 6.27. The van der Waals surface area contributed by atoms with Crippen LogP contribution in [0.3, 0.4) is 0 Å². The number of carbonyl (C=O) groups excluding carboxylic acids is 1. The summed E-state index contributed by atoms with van der Waals surface area (Å²) in [6.07, 6.45) is 9.25. The van der Waals surface area contributed by atoms with Crippen molar-refractivity contribution in [2.75, 3.05) is 6.54 Å². The van der Waals surface area contributed by atoms with Crippen LogP contribution in [0.4, 0.5) is 4.39 Å². The molecule has 1 aromatic heterocycles. The summed E-state index contributed by atoms with van der Waals surface area (Å²) < 4.78 is 15.7. The highest BCUT2D eigenvalue weighted by Crippen LogP contribution is 2.32. The Bertz CT molecular complexity index is 761. The van der Waals surface area contributed by atoms with Crippen LogP contribution in [-0.4, -0.2) is 17.0 Å². The molecular formula is C20H26ClFN2O. The molecular weight excluding hydrogens is 339 g/mol. The average molecular weight is 365 g/mol. The second-order valence-corrected chi connectivity index (χ2v) is 7.80. The van der Waals surface area contributed by atoms with Crippen LogP contribution in [0.2, 0.25) is 5.02 Å². The summed E-state index contributed by atoms with van der Waals surface area (Å²) in [5.74, 6) is 0.0443. The standard InChI is InChI=1S/C20H26ClFN2O/c1-13(2)24-12-16(19-17(21)9-15(22)10-18(19)24)20(25)23-11-14-7-5-3-4-6-8-14/h9-10,12-14H,3-8,11H2,1-2H3,(H,23,25). The Balaban J connectivity index is 1.85. The molecule has 3 nitrogen and oxygen atoms in total. The molecule has 0 bridgehead atoms. The minimum Gasteiger partial charge on any atom is -0.352 e. The molecule has 0 saturated heterocycles. The SMILES string of the molecule is CC(C)n1cc(C(=O)NCC2CCCCCC2)c2c(Cl)cc(F)cc21. The molecule has 0 spiro atoms. The molecule has 0 radical (unpaired) electrons. The summed E-state index contributed by atoms with van der Waals surface area (Å²) in [5, 5.41) is 4.00. The Morgan fingerprint density at radius 3 is 2.60 bits per heavy atom. The number of aromatic nitrogens is 1. The van der Waals surface area contributed by atoms with Gasteiger partial charge in [0.05, 0.1) is 16.1 Å². The van der Waals surface area contributed by atoms with Gasteiger partial charge in [-0.25, -0.2) is 4.39 Å². The first-order chi connectivity index (χ1) is 12.0. The summed E-state index contributed by atoms with van der Waals surface area (Å²) in [5.41, 5.74) is 1.20. The lowest BCUT2D eigenvalue weighted by molar-refractivity contribution is 0.0947. The lowest BCUT2D eigenvalue weighted by atomic mass is 10.0. The average Bonchev–Trinajstić information content (AvgIpc) is 2.75. The number of nitrogens with zero attached hydrogens (tertiary/aromatic N) is 1. The van der Waals surface area contributed by atoms with Gasteiger partial charge in [0, 0.05) is 24.2 Å². The fourth-order valence-electron chi connectivity index (χ4n) is 3.80. The van der Waals surface area contributed by atoms with E-state index in [0.717, 1.165) is 0 Å². The van der Waals surface area contributed by atoms with Crippen molar-refractivity contribution in [3.05, 3.63) is 34.7 Å². The number of nitrogens with one attached hydrogen (secondary N) is 1. The predicted octanol–water partition coefficient (Wildman–Crippen LogP) is 5.71. The lowest BCUT2D eigenvalue weighted by Crippen LogP contribution is -2.29. The predicted molar refractivity (Wildman–Crippen MR) is 101 cm³/mol. The van der Waals surface area contributed by atoms with Crippen LogP contribution in [0.15, 0.2) is 18.3 Å². The van der Waals surface area contributed by atoms with E-state index in [1.165, 1.54) is 50.7 Å². The Morgan fingerprint density at radius 2 is 1.96 bits per heavy atom. The molecule has 0 atom stereocenters. The number of hydrogen-bond acceptors (Lipinski definition) is 1. The van der Waals surface area contributed by atoms with E-state index in [0.29, 0.717) is 28.9 Å². The third kappa shape index (κ3) is 4.00. The second kappa shape index (κ2) is 7.77. The Labute approximate surface area is 153 Å². The molecule has 0 aliphatic heterocycles. The van der Waals surface area contributed by atoms with E-state index in [4.69, 9.17) is 11.6 Å². The van der Waals surface area contributed by atoms with E-state index in [9.17, 15) is 9.18 Å². The zero-order valence-electron chi connectivity index (χ0n) is 14.9. The van der Waals surface area contributed by atoms with Crippen LogP contribution >= 0.6 is 11.6 Å². The second-order valence-electron chi connectivity index (χ2n) is 7.39. The van der Waals surface area contributed by atoms with Crippen molar-refractivity contribution in [2.45, 2.75) is 58.4 Å². The molecule has 2 aromatic rings. The molecule has 0 unspecified atom stereocenters. The number of hydrogen-bond donors (Lipinski definition) is 1. The van der Waals surface area contributed by atoms with Crippen molar-refractivity contribution in [2.24, 2.45) is 5.92 Å². The molecule has 1 aliphatic rings. The lowest BCUT2D eigenvalue weighted by Gasteiger charge is -2.14. The number of carbonyl (C=O) groups is 1. The van der Waals surface area contributed by atoms with Crippen LogP contribution in [0.5, 0.6) is 0 Å². The first-order valence-electron chi connectivity index (χ1n) is 9.25.